The zero-order chi connectivity index (χ0) is 20.6. The number of halogens is 2. The van der Waals surface area contributed by atoms with Gasteiger partial charge >= 0.3 is 5.97 Å². The second-order valence-electron chi connectivity index (χ2n) is 7.84. The first-order valence-corrected chi connectivity index (χ1v) is 9.29. The lowest BCUT2D eigenvalue weighted by molar-refractivity contribution is -0.142. The van der Waals surface area contributed by atoms with Gasteiger partial charge in [0.25, 0.3) is 0 Å². The molecule has 2 aliphatic rings. The van der Waals surface area contributed by atoms with E-state index in [1.54, 1.807) is 26.0 Å². The third-order valence-electron chi connectivity index (χ3n) is 5.30. The number of ether oxygens (including phenoxy) is 1. The highest BCUT2D eigenvalue weighted by atomic mass is 19.1. The number of anilines is 1. The van der Waals surface area contributed by atoms with Gasteiger partial charge in [-0.05, 0) is 44.2 Å². The third kappa shape index (κ3) is 3.72. The molecule has 2 amide bonds. The Morgan fingerprint density at radius 2 is 2.04 bits per heavy atom. The number of amides is 2. The predicted molar refractivity (Wildman–Crippen MR) is 98.3 cm³/mol. The van der Waals surface area contributed by atoms with Crippen molar-refractivity contribution in [1.29, 1.82) is 0 Å². The normalized spacial score (nSPS) is 18.6. The van der Waals surface area contributed by atoms with Crippen LogP contribution in [0.1, 0.15) is 50.2 Å². The first-order valence-electron chi connectivity index (χ1n) is 9.29. The average molecular weight is 394 g/mol. The highest BCUT2D eigenvalue weighted by molar-refractivity contribution is 6.10. The molecule has 1 aliphatic carbocycles. The van der Waals surface area contributed by atoms with Crippen LogP contribution in [0.4, 0.5) is 14.5 Å². The summed E-state index contributed by atoms with van der Waals surface area (Å²) in [6.45, 7) is 2.56. The van der Waals surface area contributed by atoms with Gasteiger partial charge in [-0.25, -0.2) is 8.78 Å². The SMILES string of the molecule is COC(=O)C[C@@H](F)CNC(=O)CN1C(=O)C(C)(C)c2c1ccc(C1CC1)c2F. The number of methoxy groups -OCH3 is 1. The van der Waals surface area contributed by atoms with Crippen LogP contribution in [0, 0.1) is 5.82 Å². The summed E-state index contributed by atoms with van der Waals surface area (Å²) in [5.74, 6) is -1.85. The fourth-order valence-corrected chi connectivity index (χ4v) is 3.58. The molecule has 0 radical (unpaired) electrons. The number of carbonyl (C=O) groups excluding carboxylic acids is 3. The van der Waals surface area contributed by atoms with Crippen LogP contribution in [0.3, 0.4) is 0 Å². The van der Waals surface area contributed by atoms with Gasteiger partial charge < -0.3 is 15.0 Å². The van der Waals surface area contributed by atoms with E-state index >= 15 is 4.39 Å². The van der Waals surface area contributed by atoms with E-state index in [0.29, 0.717) is 16.8 Å². The van der Waals surface area contributed by atoms with E-state index in [1.165, 1.54) is 4.90 Å². The molecule has 1 heterocycles. The first kappa shape index (κ1) is 20.2. The van der Waals surface area contributed by atoms with Crippen LogP contribution in [0.5, 0.6) is 0 Å². The van der Waals surface area contributed by atoms with E-state index in [2.05, 4.69) is 10.1 Å². The summed E-state index contributed by atoms with van der Waals surface area (Å²) in [5, 5.41) is 2.36. The van der Waals surface area contributed by atoms with Crippen LogP contribution < -0.4 is 10.2 Å². The van der Waals surface area contributed by atoms with E-state index in [1.807, 2.05) is 0 Å². The molecule has 1 aromatic rings. The van der Waals surface area contributed by atoms with Gasteiger partial charge in [0.05, 0.1) is 24.6 Å². The van der Waals surface area contributed by atoms with Crippen LogP contribution in [-0.2, 0) is 24.5 Å². The molecule has 1 aliphatic heterocycles. The van der Waals surface area contributed by atoms with Crippen molar-refractivity contribution in [2.24, 2.45) is 0 Å². The lowest BCUT2D eigenvalue weighted by Crippen LogP contribution is -2.44. The molecule has 152 valence electrons. The van der Waals surface area contributed by atoms with Crippen LogP contribution in [-0.4, -0.2) is 44.2 Å². The molecule has 0 unspecified atom stereocenters. The van der Waals surface area contributed by atoms with E-state index in [4.69, 9.17) is 0 Å². The molecule has 0 bridgehead atoms. The summed E-state index contributed by atoms with van der Waals surface area (Å²) in [5.41, 5.74) is 0.217. The van der Waals surface area contributed by atoms with Gasteiger partial charge in [0.2, 0.25) is 11.8 Å². The predicted octanol–water partition coefficient (Wildman–Crippen LogP) is 2.34. The van der Waals surface area contributed by atoms with Crippen molar-refractivity contribution in [3.63, 3.8) is 0 Å². The Kier molecular flexibility index (Phi) is 5.41. The van der Waals surface area contributed by atoms with Crippen LogP contribution in [0.15, 0.2) is 12.1 Å². The molecule has 0 aromatic heterocycles. The van der Waals surface area contributed by atoms with Crippen molar-refractivity contribution in [3.05, 3.63) is 29.1 Å². The Labute approximate surface area is 162 Å². The smallest absolute Gasteiger partial charge is 0.308 e. The number of hydrogen-bond acceptors (Lipinski definition) is 4. The molecule has 1 saturated carbocycles. The zero-order valence-electron chi connectivity index (χ0n) is 16.2. The number of esters is 1. The average Bonchev–Trinajstić information content (AvgIpc) is 3.45. The maximum atomic E-state index is 15.1. The zero-order valence-corrected chi connectivity index (χ0v) is 16.2. The Bertz CT molecular complexity index is 821. The van der Waals surface area contributed by atoms with Gasteiger partial charge in [-0.3, -0.25) is 14.4 Å². The van der Waals surface area contributed by atoms with Crippen molar-refractivity contribution >= 4 is 23.5 Å². The largest absolute Gasteiger partial charge is 0.469 e. The van der Waals surface area contributed by atoms with E-state index < -0.39 is 29.9 Å². The standard InChI is InChI=1S/C20H24F2N2O4/c1-20(2)17-14(7-6-13(18(17)22)11-4-5-11)24(19(20)27)10-15(25)23-9-12(21)8-16(26)28-3/h6-7,11-12H,4-5,8-10H2,1-3H3,(H,23,25)/t12-/m1/s1. The summed E-state index contributed by atoms with van der Waals surface area (Å²) in [6.07, 6.45) is -0.184. The number of carbonyl (C=O) groups is 3. The van der Waals surface area contributed by atoms with Gasteiger partial charge in [-0.2, -0.15) is 0 Å². The van der Waals surface area contributed by atoms with Crippen molar-refractivity contribution in [3.8, 4) is 0 Å². The van der Waals surface area contributed by atoms with Crippen LogP contribution in [0.25, 0.3) is 0 Å². The molecular weight excluding hydrogens is 370 g/mol. The summed E-state index contributed by atoms with van der Waals surface area (Å²) >= 11 is 0. The maximum absolute atomic E-state index is 15.1. The third-order valence-corrected chi connectivity index (χ3v) is 5.30. The Morgan fingerprint density at radius 1 is 1.36 bits per heavy atom. The Balaban J connectivity index is 1.72. The van der Waals surface area contributed by atoms with Crippen LogP contribution in [0.2, 0.25) is 0 Å². The Hall–Kier alpha value is -2.51. The minimum absolute atomic E-state index is 0.199. The fraction of sp³-hybridized carbons (Fsp3) is 0.550. The topological polar surface area (TPSA) is 75.7 Å². The van der Waals surface area contributed by atoms with Gasteiger partial charge in [0, 0.05) is 12.1 Å². The molecule has 1 atom stereocenters. The monoisotopic (exact) mass is 394 g/mol. The van der Waals surface area contributed by atoms with Crippen LogP contribution >= 0.6 is 0 Å². The van der Waals surface area contributed by atoms with Crippen molar-refractivity contribution < 1.29 is 27.9 Å². The van der Waals surface area contributed by atoms with Gasteiger partial charge in [0.1, 0.15) is 18.5 Å². The quantitative estimate of drug-likeness (QED) is 0.721. The van der Waals surface area contributed by atoms with Crippen molar-refractivity contribution in [2.45, 2.75) is 50.6 Å². The summed E-state index contributed by atoms with van der Waals surface area (Å²) in [4.78, 5) is 37.3. The number of rotatable bonds is 7. The number of nitrogens with zero attached hydrogens (tertiary/aromatic N) is 1. The molecule has 1 aromatic carbocycles. The first-order chi connectivity index (χ1) is 13.2. The highest BCUT2D eigenvalue weighted by Gasteiger charge is 2.47. The minimum Gasteiger partial charge on any atom is -0.469 e. The molecule has 28 heavy (non-hydrogen) atoms. The molecular formula is C20H24F2N2O4. The number of hydrogen-bond donors (Lipinski definition) is 1. The molecule has 6 nitrogen and oxygen atoms in total. The second kappa shape index (κ2) is 7.48. The highest BCUT2D eigenvalue weighted by Crippen LogP contribution is 2.48. The lowest BCUT2D eigenvalue weighted by atomic mass is 9.84. The Morgan fingerprint density at radius 3 is 2.64 bits per heavy atom. The van der Waals surface area contributed by atoms with E-state index in [9.17, 15) is 18.8 Å². The van der Waals surface area contributed by atoms with Gasteiger partial charge in [-0.1, -0.05) is 6.07 Å². The fourth-order valence-electron chi connectivity index (χ4n) is 3.58. The molecule has 3 rings (SSSR count). The maximum Gasteiger partial charge on any atom is 0.308 e. The summed E-state index contributed by atoms with van der Waals surface area (Å²) in [7, 11) is 1.15. The molecule has 1 fully saturated rings. The van der Waals surface area contributed by atoms with E-state index in [0.717, 1.165) is 20.0 Å². The van der Waals surface area contributed by atoms with Crippen molar-refractivity contribution in [2.75, 3.05) is 25.1 Å². The number of nitrogens with one attached hydrogen (secondary N) is 1. The molecule has 1 N–H and O–H groups in total. The van der Waals surface area contributed by atoms with Gasteiger partial charge in [0.15, 0.2) is 0 Å². The van der Waals surface area contributed by atoms with Gasteiger partial charge in [-0.15, -0.1) is 0 Å². The number of fused-ring (bicyclic) bond motifs is 1. The number of benzene rings is 1. The molecule has 0 saturated heterocycles. The lowest BCUT2D eigenvalue weighted by Gasteiger charge is -2.20. The molecule has 8 heteroatoms. The van der Waals surface area contributed by atoms with E-state index in [-0.39, 0.29) is 30.7 Å². The summed E-state index contributed by atoms with van der Waals surface area (Å²) < 4.78 is 33.1. The summed E-state index contributed by atoms with van der Waals surface area (Å²) in [6, 6.07) is 3.36. The van der Waals surface area contributed by atoms with Crippen molar-refractivity contribution in [1.82, 2.24) is 5.32 Å². The second-order valence-corrected chi connectivity index (χ2v) is 7.84. The minimum atomic E-state index is -1.59. The molecule has 0 spiro atoms. The number of alkyl halides is 1.